The Balaban J connectivity index is 2.00. The smallest absolute Gasteiger partial charge is 0.290 e. The molecule has 1 aromatic heterocycles. The summed E-state index contributed by atoms with van der Waals surface area (Å²) in [4.78, 5) is 17.0. The van der Waals surface area contributed by atoms with Crippen LogP contribution < -0.4 is 5.32 Å². The molecule has 6 heteroatoms. The van der Waals surface area contributed by atoms with E-state index in [1.54, 1.807) is 11.8 Å². The van der Waals surface area contributed by atoms with Crippen molar-refractivity contribution in [1.82, 2.24) is 20.1 Å². The lowest BCUT2D eigenvalue weighted by Gasteiger charge is -2.10. The predicted molar refractivity (Wildman–Crippen MR) is 105 cm³/mol. The summed E-state index contributed by atoms with van der Waals surface area (Å²) in [5.74, 6) is 0.519. The highest BCUT2D eigenvalue weighted by Gasteiger charge is 2.19. The summed E-state index contributed by atoms with van der Waals surface area (Å²) in [5, 5.41) is 7.37. The van der Waals surface area contributed by atoms with Gasteiger partial charge in [-0.1, -0.05) is 42.5 Å². The minimum Gasteiger partial charge on any atom is -0.385 e. The molecule has 0 fully saturated rings. The van der Waals surface area contributed by atoms with Crippen molar-refractivity contribution in [1.29, 1.82) is 0 Å². The van der Waals surface area contributed by atoms with Gasteiger partial charge in [-0.2, -0.15) is 0 Å². The lowest BCUT2D eigenvalue weighted by molar-refractivity contribution is 0.0938. The number of nitrogens with zero attached hydrogens (tertiary/aromatic N) is 3. The standard InChI is InChI=1S/C21H24N4O2/c1-15-10-11-16(2)18(14-15)25-20(17-8-5-4-6-9-17)23-19(24-25)21(26)22-12-7-13-27-3/h4-6,8-11,14H,7,12-13H2,1-3H3,(H,22,26). The quantitative estimate of drug-likeness (QED) is 0.653. The number of aromatic nitrogens is 3. The van der Waals surface area contributed by atoms with Crippen LogP contribution in [0.2, 0.25) is 0 Å². The molecule has 1 amide bonds. The van der Waals surface area contributed by atoms with Gasteiger partial charge in [0.25, 0.3) is 5.91 Å². The van der Waals surface area contributed by atoms with Crippen molar-refractivity contribution >= 4 is 5.91 Å². The van der Waals surface area contributed by atoms with Crippen LogP contribution in [0.1, 0.15) is 28.2 Å². The molecule has 3 rings (SSSR count). The first kappa shape index (κ1) is 18.8. The van der Waals surface area contributed by atoms with Gasteiger partial charge in [0.2, 0.25) is 5.82 Å². The maximum absolute atomic E-state index is 12.5. The van der Waals surface area contributed by atoms with Gasteiger partial charge in [0.05, 0.1) is 5.69 Å². The number of ether oxygens (including phenoxy) is 1. The molecule has 0 saturated carbocycles. The Morgan fingerprint density at radius 3 is 2.67 bits per heavy atom. The van der Waals surface area contributed by atoms with Gasteiger partial charge in [0, 0.05) is 25.8 Å². The van der Waals surface area contributed by atoms with Crippen LogP contribution >= 0.6 is 0 Å². The SMILES string of the molecule is COCCCNC(=O)c1nc(-c2ccccc2)n(-c2cc(C)ccc2C)n1. The van der Waals surface area contributed by atoms with Crippen molar-refractivity contribution in [2.45, 2.75) is 20.3 Å². The van der Waals surface area contributed by atoms with E-state index < -0.39 is 0 Å². The summed E-state index contributed by atoms with van der Waals surface area (Å²) < 4.78 is 6.76. The van der Waals surface area contributed by atoms with E-state index in [4.69, 9.17) is 4.74 Å². The third-order valence-corrected chi connectivity index (χ3v) is 4.25. The summed E-state index contributed by atoms with van der Waals surface area (Å²) in [7, 11) is 1.64. The fourth-order valence-electron chi connectivity index (χ4n) is 2.80. The fraction of sp³-hybridized carbons (Fsp3) is 0.286. The third-order valence-electron chi connectivity index (χ3n) is 4.25. The second kappa shape index (κ2) is 8.60. The minimum absolute atomic E-state index is 0.159. The first-order chi connectivity index (χ1) is 13.1. The lowest BCUT2D eigenvalue weighted by atomic mass is 10.1. The molecule has 0 bridgehead atoms. The number of aryl methyl sites for hydroxylation is 2. The Bertz CT molecular complexity index is 919. The molecule has 27 heavy (non-hydrogen) atoms. The van der Waals surface area contributed by atoms with Gasteiger partial charge in [0.1, 0.15) is 0 Å². The average molecular weight is 364 g/mol. The molecule has 0 atom stereocenters. The molecule has 0 aliphatic heterocycles. The Hall–Kier alpha value is -2.99. The van der Waals surface area contributed by atoms with Gasteiger partial charge in [0.15, 0.2) is 5.82 Å². The van der Waals surface area contributed by atoms with E-state index in [2.05, 4.69) is 27.5 Å². The molecule has 0 saturated heterocycles. The summed E-state index contributed by atoms with van der Waals surface area (Å²) in [6.07, 6.45) is 0.742. The second-order valence-corrected chi connectivity index (χ2v) is 6.43. The highest BCUT2D eigenvalue weighted by atomic mass is 16.5. The van der Waals surface area contributed by atoms with Crippen molar-refractivity contribution in [3.63, 3.8) is 0 Å². The van der Waals surface area contributed by atoms with Crippen molar-refractivity contribution < 1.29 is 9.53 Å². The van der Waals surface area contributed by atoms with Crippen LogP contribution in [0.15, 0.2) is 48.5 Å². The molecule has 0 aliphatic carbocycles. The largest absolute Gasteiger partial charge is 0.385 e. The van der Waals surface area contributed by atoms with Crippen molar-refractivity contribution in [3.8, 4) is 17.1 Å². The van der Waals surface area contributed by atoms with E-state index in [1.807, 2.05) is 50.2 Å². The van der Waals surface area contributed by atoms with E-state index in [0.29, 0.717) is 19.0 Å². The first-order valence-electron chi connectivity index (χ1n) is 8.97. The fourth-order valence-corrected chi connectivity index (χ4v) is 2.80. The molecule has 0 radical (unpaired) electrons. The summed E-state index contributed by atoms with van der Waals surface area (Å²) in [5.41, 5.74) is 4.01. The molecule has 0 aliphatic rings. The van der Waals surface area contributed by atoms with Gasteiger partial charge in [-0.25, -0.2) is 9.67 Å². The van der Waals surface area contributed by atoms with Crippen molar-refractivity contribution in [2.75, 3.05) is 20.3 Å². The van der Waals surface area contributed by atoms with Crippen LogP contribution in [0.3, 0.4) is 0 Å². The summed E-state index contributed by atoms with van der Waals surface area (Å²) in [6.45, 7) is 5.17. The third kappa shape index (κ3) is 4.41. The van der Waals surface area contributed by atoms with Gasteiger partial charge in [-0.15, -0.1) is 5.10 Å². The summed E-state index contributed by atoms with van der Waals surface area (Å²) in [6, 6.07) is 15.9. The zero-order valence-electron chi connectivity index (χ0n) is 15.9. The van der Waals surface area contributed by atoms with Crippen LogP contribution in [0.25, 0.3) is 17.1 Å². The van der Waals surface area contributed by atoms with Crippen LogP contribution in [-0.4, -0.2) is 40.9 Å². The molecule has 3 aromatic rings. The maximum Gasteiger partial charge on any atom is 0.290 e. The Morgan fingerprint density at radius 2 is 1.93 bits per heavy atom. The molecule has 2 aromatic carbocycles. The monoisotopic (exact) mass is 364 g/mol. The molecular weight excluding hydrogens is 340 g/mol. The lowest BCUT2D eigenvalue weighted by Crippen LogP contribution is -2.26. The Labute approximate surface area is 159 Å². The molecular formula is C21H24N4O2. The molecule has 0 spiro atoms. The van der Waals surface area contributed by atoms with Crippen LogP contribution in [0.4, 0.5) is 0 Å². The number of methoxy groups -OCH3 is 1. The van der Waals surface area contributed by atoms with Gasteiger partial charge in [-0.3, -0.25) is 4.79 Å². The molecule has 140 valence electrons. The van der Waals surface area contributed by atoms with Crippen molar-refractivity contribution in [3.05, 3.63) is 65.5 Å². The normalized spacial score (nSPS) is 10.8. The summed E-state index contributed by atoms with van der Waals surface area (Å²) >= 11 is 0. The maximum atomic E-state index is 12.5. The van der Waals surface area contributed by atoms with Gasteiger partial charge >= 0.3 is 0 Å². The number of hydrogen-bond donors (Lipinski definition) is 1. The minimum atomic E-state index is -0.285. The van der Waals surface area contributed by atoms with Crippen molar-refractivity contribution in [2.24, 2.45) is 0 Å². The van der Waals surface area contributed by atoms with E-state index >= 15 is 0 Å². The number of benzene rings is 2. The average Bonchev–Trinajstić information content (AvgIpc) is 3.13. The second-order valence-electron chi connectivity index (χ2n) is 6.43. The molecule has 6 nitrogen and oxygen atoms in total. The number of rotatable bonds is 7. The van der Waals surface area contributed by atoms with Gasteiger partial charge in [-0.05, 0) is 37.5 Å². The number of hydrogen-bond acceptors (Lipinski definition) is 4. The zero-order chi connectivity index (χ0) is 19.2. The number of amides is 1. The number of carbonyl (C=O) groups is 1. The Morgan fingerprint density at radius 1 is 1.15 bits per heavy atom. The van der Waals surface area contributed by atoms with E-state index in [0.717, 1.165) is 28.8 Å². The van der Waals surface area contributed by atoms with Crippen LogP contribution in [-0.2, 0) is 4.74 Å². The topological polar surface area (TPSA) is 69.0 Å². The van der Waals surface area contributed by atoms with Crippen LogP contribution in [0, 0.1) is 13.8 Å². The highest BCUT2D eigenvalue weighted by molar-refractivity contribution is 5.91. The predicted octanol–water partition coefficient (Wildman–Crippen LogP) is 3.32. The molecule has 1 heterocycles. The Kier molecular flexibility index (Phi) is 5.98. The van der Waals surface area contributed by atoms with E-state index in [1.165, 1.54) is 0 Å². The highest BCUT2D eigenvalue weighted by Crippen LogP contribution is 2.23. The van der Waals surface area contributed by atoms with E-state index in [9.17, 15) is 4.79 Å². The molecule has 0 unspecified atom stereocenters. The first-order valence-corrected chi connectivity index (χ1v) is 8.97. The van der Waals surface area contributed by atoms with Crippen LogP contribution in [0.5, 0.6) is 0 Å². The van der Waals surface area contributed by atoms with E-state index in [-0.39, 0.29) is 11.7 Å². The molecule has 1 N–H and O–H groups in total. The number of nitrogens with one attached hydrogen (secondary N) is 1. The number of carbonyl (C=O) groups excluding carboxylic acids is 1. The van der Waals surface area contributed by atoms with Gasteiger partial charge < -0.3 is 10.1 Å². The zero-order valence-corrected chi connectivity index (χ0v) is 15.9.